The van der Waals surface area contributed by atoms with E-state index < -0.39 is 0 Å². The average molecular weight is 325 g/mol. The summed E-state index contributed by atoms with van der Waals surface area (Å²) in [4.78, 5) is 17.9. The van der Waals surface area contributed by atoms with Gasteiger partial charge in [-0.05, 0) is 36.9 Å². The number of rotatable bonds is 5. The molecule has 0 unspecified atom stereocenters. The average Bonchev–Trinajstić information content (AvgIpc) is 2.94. The highest BCUT2D eigenvalue weighted by molar-refractivity contribution is 7.99. The summed E-state index contributed by atoms with van der Waals surface area (Å²) < 4.78 is 2.08. The van der Waals surface area contributed by atoms with Gasteiger partial charge in [0.25, 0.3) is 0 Å². The van der Waals surface area contributed by atoms with Gasteiger partial charge in [-0.1, -0.05) is 19.9 Å². The van der Waals surface area contributed by atoms with Crippen LogP contribution in [0, 0.1) is 6.92 Å². The molecule has 0 fully saturated rings. The third-order valence-electron chi connectivity index (χ3n) is 3.30. The Kier molecular flexibility index (Phi) is 4.71. The Morgan fingerprint density at radius 3 is 2.74 bits per heavy atom. The third kappa shape index (κ3) is 3.96. The molecule has 5 nitrogen and oxygen atoms in total. The number of pyridine rings is 1. The second-order valence-corrected chi connectivity index (χ2v) is 6.61. The maximum atomic E-state index is 4.64. The molecular weight excluding hydrogens is 306 g/mol. The van der Waals surface area contributed by atoms with Crippen LogP contribution in [0.15, 0.2) is 53.0 Å². The van der Waals surface area contributed by atoms with Crippen LogP contribution in [0.4, 0.5) is 0 Å². The van der Waals surface area contributed by atoms with E-state index in [-0.39, 0.29) is 0 Å². The minimum atomic E-state index is 0.308. The van der Waals surface area contributed by atoms with Gasteiger partial charge in [0, 0.05) is 30.2 Å². The Morgan fingerprint density at radius 2 is 2.00 bits per heavy atom. The summed E-state index contributed by atoms with van der Waals surface area (Å²) >= 11 is 1.56. The van der Waals surface area contributed by atoms with Crippen LogP contribution in [0.3, 0.4) is 0 Å². The lowest BCUT2D eigenvalue weighted by atomic mass is 10.2. The van der Waals surface area contributed by atoms with Crippen LogP contribution in [-0.2, 0) is 6.54 Å². The summed E-state index contributed by atoms with van der Waals surface area (Å²) in [5.74, 6) is 1.18. The molecule has 3 rings (SSSR count). The summed E-state index contributed by atoms with van der Waals surface area (Å²) in [6.07, 6.45) is 5.58. The molecular formula is C17H19N5S. The zero-order valence-corrected chi connectivity index (χ0v) is 14.3. The lowest BCUT2D eigenvalue weighted by molar-refractivity contribution is 0.691. The molecule has 0 saturated heterocycles. The monoisotopic (exact) mass is 325 g/mol. The Bertz CT molecular complexity index is 783. The fraction of sp³-hybridized carbons (Fsp3) is 0.294. The van der Waals surface area contributed by atoms with E-state index in [4.69, 9.17) is 0 Å². The van der Waals surface area contributed by atoms with E-state index in [1.165, 1.54) is 0 Å². The van der Waals surface area contributed by atoms with E-state index in [9.17, 15) is 0 Å². The minimum absolute atomic E-state index is 0.308. The first-order valence-corrected chi connectivity index (χ1v) is 8.38. The SMILES string of the molecule is Cc1cc(Sc2nccn2Cc2ccccn2)nc(C(C)C)n1. The van der Waals surface area contributed by atoms with Gasteiger partial charge in [0.2, 0.25) is 0 Å². The zero-order chi connectivity index (χ0) is 16.2. The topological polar surface area (TPSA) is 56.5 Å². The molecule has 0 aliphatic heterocycles. The summed E-state index contributed by atoms with van der Waals surface area (Å²) in [6.45, 7) is 6.90. The number of aryl methyl sites for hydroxylation is 1. The van der Waals surface area contributed by atoms with Crippen molar-refractivity contribution in [2.24, 2.45) is 0 Å². The van der Waals surface area contributed by atoms with Crippen LogP contribution in [0.5, 0.6) is 0 Å². The van der Waals surface area contributed by atoms with Crippen molar-refractivity contribution >= 4 is 11.8 Å². The van der Waals surface area contributed by atoms with E-state index >= 15 is 0 Å². The molecule has 0 amide bonds. The molecule has 0 atom stereocenters. The molecule has 6 heteroatoms. The van der Waals surface area contributed by atoms with Gasteiger partial charge >= 0.3 is 0 Å². The lowest BCUT2D eigenvalue weighted by Gasteiger charge is -2.09. The van der Waals surface area contributed by atoms with Crippen molar-refractivity contribution in [2.45, 2.75) is 43.4 Å². The van der Waals surface area contributed by atoms with Crippen molar-refractivity contribution in [3.8, 4) is 0 Å². The molecule has 23 heavy (non-hydrogen) atoms. The second kappa shape index (κ2) is 6.91. The van der Waals surface area contributed by atoms with E-state index in [1.807, 2.05) is 49.8 Å². The van der Waals surface area contributed by atoms with E-state index in [2.05, 4.69) is 38.4 Å². The van der Waals surface area contributed by atoms with Gasteiger partial charge in [0.1, 0.15) is 10.9 Å². The molecule has 118 valence electrons. The van der Waals surface area contributed by atoms with E-state index in [0.29, 0.717) is 12.5 Å². The largest absolute Gasteiger partial charge is 0.320 e. The van der Waals surface area contributed by atoms with Crippen molar-refractivity contribution in [1.82, 2.24) is 24.5 Å². The molecule has 0 N–H and O–H groups in total. The standard InChI is InChI=1S/C17H19N5S/c1-12(2)16-20-13(3)10-15(21-16)23-17-19-8-9-22(17)11-14-6-4-5-7-18-14/h4-10,12H,11H2,1-3H3. The number of aromatic nitrogens is 5. The van der Waals surface area contributed by atoms with Crippen LogP contribution in [0.25, 0.3) is 0 Å². The maximum absolute atomic E-state index is 4.64. The van der Waals surface area contributed by atoms with Gasteiger partial charge in [0.15, 0.2) is 5.16 Å². The second-order valence-electron chi connectivity index (χ2n) is 5.62. The number of nitrogens with zero attached hydrogens (tertiary/aromatic N) is 5. The lowest BCUT2D eigenvalue weighted by Crippen LogP contribution is -2.03. The van der Waals surface area contributed by atoms with Gasteiger partial charge < -0.3 is 4.57 Å². The number of hydrogen-bond acceptors (Lipinski definition) is 5. The predicted molar refractivity (Wildman–Crippen MR) is 90.5 cm³/mol. The molecule has 3 aromatic heterocycles. The highest BCUT2D eigenvalue weighted by Gasteiger charge is 2.11. The van der Waals surface area contributed by atoms with Crippen molar-refractivity contribution in [3.05, 3.63) is 60.1 Å². The fourth-order valence-corrected chi connectivity index (χ4v) is 3.06. The molecule has 0 aliphatic rings. The first-order valence-electron chi connectivity index (χ1n) is 7.56. The molecule has 0 aliphatic carbocycles. The Labute approximate surface area is 140 Å². The van der Waals surface area contributed by atoms with Crippen LogP contribution < -0.4 is 0 Å². The highest BCUT2D eigenvalue weighted by Crippen LogP contribution is 2.26. The van der Waals surface area contributed by atoms with Crippen LogP contribution in [-0.4, -0.2) is 24.5 Å². The van der Waals surface area contributed by atoms with Gasteiger partial charge in [-0.3, -0.25) is 4.98 Å². The normalized spacial score (nSPS) is 11.1. The third-order valence-corrected chi connectivity index (χ3v) is 4.24. The molecule has 3 heterocycles. The van der Waals surface area contributed by atoms with Gasteiger partial charge in [0.05, 0.1) is 12.2 Å². The Morgan fingerprint density at radius 1 is 1.13 bits per heavy atom. The fourth-order valence-electron chi connectivity index (χ4n) is 2.15. The molecule has 0 radical (unpaired) electrons. The van der Waals surface area contributed by atoms with Crippen molar-refractivity contribution < 1.29 is 0 Å². The van der Waals surface area contributed by atoms with E-state index in [0.717, 1.165) is 27.4 Å². The molecule has 3 aromatic rings. The number of hydrogen-bond donors (Lipinski definition) is 0. The summed E-state index contributed by atoms with van der Waals surface area (Å²) in [5, 5.41) is 1.83. The zero-order valence-electron chi connectivity index (χ0n) is 13.5. The van der Waals surface area contributed by atoms with Crippen LogP contribution >= 0.6 is 11.8 Å². The van der Waals surface area contributed by atoms with E-state index in [1.54, 1.807) is 11.8 Å². The minimum Gasteiger partial charge on any atom is -0.320 e. The Balaban J connectivity index is 1.83. The van der Waals surface area contributed by atoms with Gasteiger partial charge in [-0.25, -0.2) is 15.0 Å². The smallest absolute Gasteiger partial charge is 0.174 e. The molecule has 0 aromatic carbocycles. The van der Waals surface area contributed by atoms with Crippen LogP contribution in [0.1, 0.15) is 37.0 Å². The van der Waals surface area contributed by atoms with Crippen LogP contribution in [0.2, 0.25) is 0 Å². The van der Waals surface area contributed by atoms with Crippen molar-refractivity contribution in [2.75, 3.05) is 0 Å². The van der Waals surface area contributed by atoms with Crippen molar-refractivity contribution in [3.63, 3.8) is 0 Å². The Hall–Kier alpha value is -2.21. The predicted octanol–water partition coefficient (Wildman–Crippen LogP) is 3.70. The highest BCUT2D eigenvalue weighted by atomic mass is 32.2. The molecule has 0 saturated carbocycles. The van der Waals surface area contributed by atoms with Gasteiger partial charge in [-0.2, -0.15) is 0 Å². The summed E-state index contributed by atoms with van der Waals surface area (Å²) in [7, 11) is 0. The van der Waals surface area contributed by atoms with Crippen molar-refractivity contribution in [1.29, 1.82) is 0 Å². The van der Waals surface area contributed by atoms with Gasteiger partial charge in [-0.15, -0.1) is 0 Å². The summed E-state index contributed by atoms with van der Waals surface area (Å²) in [5.41, 5.74) is 1.99. The molecule has 0 bridgehead atoms. The molecule has 0 spiro atoms. The summed E-state index contributed by atoms with van der Waals surface area (Å²) in [6, 6.07) is 7.93. The first-order chi connectivity index (χ1) is 11.1. The number of imidazole rings is 1. The maximum Gasteiger partial charge on any atom is 0.174 e. The first kappa shape index (κ1) is 15.7. The quantitative estimate of drug-likeness (QED) is 0.670.